The summed E-state index contributed by atoms with van der Waals surface area (Å²) in [5.41, 5.74) is 2.27. The molecule has 0 spiro atoms. The van der Waals surface area contributed by atoms with Crippen LogP contribution in [0.15, 0.2) is 42.5 Å². The lowest BCUT2D eigenvalue weighted by Crippen LogP contribution is -2.28. The minimum atomic E-state index is -0.641. The van der Waals surface area contributed by atoms with Crippen LogP contribution in [0.1, 0.15) is 17.5 Å². The number of carbonyl (C=O) groups excluding carboxylic acids is 3. The number of ether oxygens (including phenoxy) is 1. The van der Waals surface area contributed by atoms with Crippen molar-refractivity contribution in [3.63, 3.8) is 0 Å². The van der Waals surface area contributed by atoms with E-state index in [2.05, 4.69) is 5.32 Å². The first-order valence-electron chi connectivity index (χ1n) is 8.90. The Labute approximate surface area is 172 Å². The molecule has 1 atom stereocenters. The van der Waals surface area contributed by atoms with Crippen molar-refractivity contribution >= 4 is 40.8 Å². The van der Waals surface area contributed by atoms with E-state index in [0.717, 1.165) is 11.3 Å². The molecule has 0 bridgehead atoms. The zero-order valence-corrected chi connectivity index (χ0v) is 16.4. The highest BCUT2D eigenvalue weighted by Crippen LogP contribution is 2.26. The van der Waals surface area contributed by atoms with Crippen molar-refractivity contribution < 1.29 is 19.1 Å². The van der Waals surface area contributed by atoms with Gasteiger partial charge in [0.25, 0.3) is 5.91 Å². The fourth-order valence-electron chi connectivity index (χ4n) is 3.00. The molecule has 1 fully saturated rings. The van der Waals surface area contributed by atoms with E-state index in [1.807, 2.05) is 37.3 Å². The van der Waals surface area contributed by atoms with Gasteiger partial charge >= 0.3 is 5.97 Å². The molecule has 29 heavy (non-hydrogen) atoms. The number of nitrogens with zero attached hydrogens (tertiary/aromatic N) is 2. The summed E-state index contributed by atoms with van der Waals surface area (Å²) >= 11 is 5.87. The molecule has 7 nitrogen and oxygen atoms in total. The van der Waals surface area contributed by atoms with Gasteiger partial charge in [-0.25, -0.2) is 0 Å². The molecular weight excluding hydrogens is 394 g/mol. The molecule has 2 aromatic carbocycles. The quantitative estimate of drug-likeness (QED) is 0.762. The van der Waals surface area contributed by atoms with Crippen molar-refractivity contribution in [3.05, 3.63) is 58.6 Å². The lowest BCUT2D eigenvalue weighted by molar-refractivity contribution is -0.151. The Morgan fingerprint density at radius 3 is 2.69 bits per heavy atom. The predicted molar refractivity (Wildman–Crippen MR) is 107 cm³/mol. The number of carbonyl (C=O) groups is 3. The molecule has 3 rings (SSSR count). The summed E-state index contributed by atoms with van der Waals surface area (Å²) in [6.07, 6.45) is 0.0290. The molecule has 1 saturated heterocycles. The number of aryl methyl sites for hydroxylation is 1. The average molecular weight is 412 g/mol. The van der Waals surface area contributed by atoms with Gasteiger partial charge in [0.2, 0.25) is 5.91 Å². The second kappa shape index (κ2) is 8.76. The number of amides is 2. The maximum absolute atomic E-state index is 12.3. The number of nitriles is 1. The number of anilines is 2. The van der Waals surface area contributed by atoms with E-state index in [0.29, 0.717) is 5.02 Å². The third-order valence-corrected chi connectivity index (χ3v) is 4.76. The van der Waals surface area contributed by atoms with Crippen molar-refractivity contribution in [1.29, 1.82) is 5.26 Å². The molecule has 148 valence electrons. The number of nitrogens with one attached hydrogen (secondary N) is 1. The molecule has 1 heterocycles. The third kappa shape index (κ3) is 4.92. The number of halogens is 1. The van der Waals surface area contributed by atoms with Crippen LogP contribution in [0.5, 0.6) is 0 Å². The number of benzene rings is 2. The van der Waals surface area contributed by atoms with Crippen LogP contribution in [0.2, 0.25) is 5.02 Å². The Kier molecular flexibility index (Phi) is 6.15. The molecule has 0 unspecified atom stereocenters. The van der Waals surface area contributed by atoms with Crippen LogP contribution >= 0.6 is 11.6 Å². The normalized spacial score (nSPS) is 15.7. The minimum absolute atomic E-state index is 0.0290. The predicted octanol–water partition coefficient (Wildman–Crippen LogP) is 3.05. The Hall–Kier alpha value is -3.37. The topological polar surface area (TPSA) is 99.5 Å². The van der Waals surface area contributed by atoms with Gasteiger partial charge in [-0.15, -0.1) is 0 Å². The van der Waals surface area contributed by atoms with Crippen molar-refractivity contribution in [1.82, 2.24) is 0 Å². The SMILES string of the molecule is Cc1ccc(N2C[C@H](C(=O)OCC(=O)Nc3cc(Cl)ccc3C#N)CC2=O)cc1. The van der Waals surface area contributed by atoms with Gasteiger partial charge < -0.3 is 15.0 Å². The van der Waals surface area contributed by atoms with Gasteiger partial charge in [0, 0.05) is 23.7 Å². The van der Waals surface area contributed by atoms with Gasteiger partial charge in [0.05, 0.1) is 17.2 Å². The Bertz CT molecular complexity index is 998. The monoisotopic (exact) mass is 411 g/mol. The Balaban J connectivity index is 1.55. The van der Waals surface area contributed by atoms with Crippen molar-refractivity contribution in [2.45, 2.75) is 13.3 Å². The van der Waals surface area contributed by atoms with Gasteiger partial charge in [-0.1, -0.05) is 29.3 Å². The Morgan fingerprint density at radius 2 is 2.00 bits per heavy atom. The summed E-state index contributed by atoms with van der Waals surface area (Å²) in [4.78, 5) is 38.2. The standard InChI is InChI=1S/C21H18ClN3O4/c1-13-2-6-17(7-3-13)25-11-15(8-20(25)27)21(28)29-12-19(26)24-18-9-16(22)5-4-14(18)10-23/h2-7,9,15H,8,11-12H2,1H3,(H,24,26)/t15-/m1/s1. The molecule has 2 aromatic rings. The summed E-state index contributed by atoms with van der Waals surface area (Å²) in [5, 5.41) is 11.9. The molecule has 8 heteroatoms. The first-order valence-corrected chi connectivity index (χ1v) is 9.28. The highest BCUT2D eigenvalue weighted by atomic mass is 35.5. The second-order valence-corrected chi connectivity index (χ2v) is 7.13. The van der Waals surface area contributed by atoms with E-state index >= 15 is 0 Å². The highest BCUT2D eigenvalue weighted by Gasteiger charge is 2.36. The second-order valence-electron chi connectivity index (χ2n) is 6.70. The molecule has 0 saturated carbocycles. The number of esters is 1. The molecule has 0 radical (unpaired) electrons. The fourth-order valence-corrected chi connectivity index (χ4v) is 3.17. The fraction of sp³-hybridized carbons (Fsp3) is 0.238. The summed E-state index contributed by atoms with van der Waals surface area (Å²) in [5.74, 6) is -2.03. The first kappa shape index (κ1) is 20.4. The smallest absolute Gasteiger partial charge is 0.311 e. The zero-order chi connectivity index (χ0) is 21.0. The van der Waals surface area contributed by atoms with Crippen LogP contribution in [-0.4, -0.2) is 30.9 Å². The van der Waals surface area contributed by atoms with Crippen LogP contribution in [0.25, 0.3) is 0 Å². The van der Waals surface area contributed by atoms with Crippen molar-refractivity contribution in [3.8, 4) is 6.07 Å². The first-order chi connectivity index (χ1) is 13.9. The van der Waals surface area contributed by atoms with Gasteiger partial charge in [-0.3, -0.25) is 14.4 Å². The summed E-state index contributed by atoms with van der Waals surface area (Å²) in [6.45, 7) is 1.63. The van der Waals surface area contributed by atoms with Crippen LogP contribution in [0, 0.1) is 24.2 Å². The lowest BCUT2D eigenvalue weighted by atomic mass is 10.1. The largest absolute Gasteiger partial charge is 0.455 e. The van der Waals surface area contributed by atoms with Gasteiger partial charge in [0.1, 0.15) is 6.07 Å². The molecule has 1 N–H and O–H groups in total. The zero-order valence-electron chi connectivity index (χ0n) is 15.6. The van der Waals surface area contributed by atoms with Gasteiger partial charge in [-0.05, 0) is 37.3 Å². The van der Waals surface area contributed by atoms with E-state index in [-0.39, 0.29) is 30.1 Å². The summed E-state index contributed by atoms with van der Waals surface area (Å²) in [7, 11) is 0. The van der Waals surface area contributed by atoms with Gasteiger partial charge in [-0.2, -0.15) is 5.26 Å². The number of hydrogen-bond acceptors (Lipinski definition) is 5. The van der Waals surface area contributed by atoms with Crippen LogP contribution in [-0.2, 0) is 19.1 Å². The van der Waals surface area contributed by atoms with E-state index in [1.165, 1.54) is 23.1 Å². The molecule has 0 aliphatic carbocycles. The number of hydrogen-bond donors (Lipinski definition) is 1. The van der Waals surface area contributed by atoms with E-state index in [1.54, 1.807) is 0 Å². The maximum Gasteiger partial charge on any atom is 0.311 e. The number of rotatable bonds is 5. The summed E-state index contributed by atoms with van der Waals surface area (Å²) < 4.78 is 5.07. The highest BCUT2D eigenvalue weighted by molar-refractivity contribution is 6.31. The van der Waals surface area contributed by atoms with Crippen molar-refractivity contribution in [2.75, 3.05) is 23.4 Å². The maximum atomic E-state index is 12.3. The summed E-state index contributed by atoms with van der Waals surface area (Å²) in [6, 6.07) is 13.8. The molecule has 1 aliphatic rings. The molecule has 1 aliphatic heterocycles. The van der Waals surface area contributed by atoms with Crippen LogP contribution in [0.3, 0.4) is 0 Å². The van der Waals surface area contributed by atoms with E-state index in [9.17, 15) is 14.4 Å². The van der Waals surface area contributed by atoms with E-state index < -0.39 is 24.4 Å². The van der Waals surface area contributed by atoms with E-state index in [4.69, 9.17) is 21.6 Å². The van der Waals surface area contributed by atoms with Crippen LogP contribution < -0.4 is 10.2 Å². The molecule has 2 amide bonds. The average Bonchev–Trinajstić information content (AvgIpc) is 3.09. The lowest BCUT2D eigenvalue weighted by Gasteiger charge is -2.16. The van der Waals surface area contributed by atoms with Gasteiger partial charge in [0.15, 0.2) is 6.61 Å². The van der Waals surface area contributed by atoms with Crippen molar-refractivity contribution in [2.24, 2.45) is 5.92 Å². The Morgan fingerprint density at radius 1 is 1.28 bits per heavy atom. The third-order valence-electron chi connectivity index (χ3n) is 4.53. The van der Waals surface area contributed by atoms with Crippen LogP contribution in [0.4, 0.5) is 11.4 Å². The molecule has 0 aromatic heterocycles. The molecular formula is C21H18ClN3O4. The minimum Gasteiger partial charge on any atom is -0.455 e.